The van der Waals surface area contributed by atoms with Gasteiger partial charge in [-0.25, -0.2) is 0 Å². The van der Waals surface area contributed by atoms with E-state index in [9.17, 15) is 0 Å². The molecule has 4 aromatic rings. The first-order chi connectivity index (χ1) is 14.8. The summed E-state index contributed by atoms with van der Waals surface area (Å²) in [5.74, 6) is 0. The minimum Gasteiger partial charge on any atom is -0.326 e. The van der Waals surface area contributed by atoms with Crippen LogP contribution in [0.1, 0.15) is 33.4 Å². The maximum Gasteiger partial charge on any atom is 0.0178 e. The first-order valence-electron chi connectivity index (χ1n) is 10.2. The largest absolute Gasteiger partial charge is 0.326 e. The second-order valence-electron chi connectivity index (χ2n) is 7.28. The number of hydrogen-bond donors (Lipinski definition) is 2. The number of hydrogen-bond acceptors (Lipinski definition) is 2. The second kappa shape index (κ2) is 9.36. The summed E-state index contributed by atoms with van der Waals surface area (Å²) in [5, 5.41) is 0. The van der Waals surface area contributed by atoms with Crippen molar-refractivity contribution in [2.24, 2.45) is 11.5 Å². The summed E-state index contributed by atoms with van der Waals surface area (Å²) in [4.78, 5) is 0. The third-order valence-electron chi connectivity index (χ3n) is 5.33. The highest BCUT2D eigenvalue weighted by atomic mass is 14.5. The van der Waals surface area contributed by atoms with Crippen molar-refractivity contribution in [2.45, 2.75) is 13.1 Å². The van der Waals surface area contributed by atoms with Gasteiger partial charge in [0.15, 0.2) is 0 Å². The monoisotopic (exact) mass is 390 g/mol. The van der Waals surface area contributed by atoms with Gasteiger partial charge in [0.1, 0.15) is 0 Å². The standard InChI is InChI=1S/C28H26N2/c29-19-21-11-15-25(16-12-21)27(23-7-3-1-4-8-23)28(24-9-5-2-6-10-24)26-17-13-22(20-30)14-18-26/h1-18H,19-20,29-30H2. The Bertz CT molecular complexity index is 1020. The summed E-state index contributed by atoms with van der Waals surface area (Å²) >= 11 is 0. The van der Waals surface area contributed by atoms with Crippen molar-refractivity contribution >= 4 is 11.1 Å². The molecule has 0 fully saturated rings. The average Bonchev–Trinajstić information content (AvgIpc) is 2.84. The lowest BCUT2D eigenvalue weighted by molar-refractivity contribution is 1.07. The van der Waals surface area contributed by atoms with Gasteiger partial charge in [0, 0.05) is 13.1 Å². The molecule has 4 rings (SSSR count). The van der Waals surface area contributed by atoms with E-state index in [4.69, 9.17) is 11.5 Å². The molecular formula is C28H26N2. The molecule has 0 spiro atoms. The third kappa shape index (κ3) is 4.25. The van der Waals surface area contributed by atoms with Crippen LogP contribution in [0, 0.1) is 0 Å². The van der Waals surface area contributed by atoms with Crippen LogP contribution in [-0.4, -0.2) is 0 Å². The fourth-order valence-corrected chi connectivity index (χ4v) is 3.74. The normalized spacial score (nSPS) is 11.8. The number of rotatable bonds is 6. The maximum absolute atomic E-state index is 5.83. The molecule has 4 aromatic carbocycles. The van der Waals surface area contributed by atoms with Gasteiger partial charge in [0.05, 0.1) is 0 Å². The van der Waals surface area contributed by atoms with E-state index >= 15 is 0 Å². The summed E-state index contributed by atoms with van der Waals surface area (Å²) in [6.45, 7) is 1.08. The Kier molecular flexibility index (Phi) is 6.19. The molecule has 0 unspecified atom stereocenters. The fraction of sp³-hybridized carbons (Fsp3) is 0.0714. The van der Waals surface area contributed by atoms with E-state index < -0.39 is 0 Å². The molecule has 0 aliphatic heterocycles. The minimum absolute atomic E-state index is 0.538. The van der Waals surface area contributed by atoms with Crippen LogP contribution in [0.5, 0.6) is 0 Å². The van der Waals surface area contributed by atoms with Gasteiger partial charge in [-0.3, -0.25) is 0 Å². The van der Waals surface area contributed by atoms with Crippen molar-refractivity contribution in [3.63, 3.8) is 0 Å². The molecule has 30 heavy (non-hydrogen) atoms. The highest BCUT2D eigenvalue weighted by Gasteiger charge is 2.16. The molecule has 2 heteroatoms. The smallest absolute Gasteiger partial charge is 0.0178 e. The van der Waals surface area contributed by atoms with Crippen LogP contribution in [0.15, 0.2) is 109 Å². The molecule has 0 amide bonds. The molecule has 0 aliphatic rings. The molecule has 0 saturated heterocycles. The first kappa shape index (κ1) is 19.8. The van der Waals surface area contributed by atoms with E-state index in [2.05, 4.69) is 109 Å². The number of benzene rings is 4. The average molecular weight is 391 g/mol. The van der Waals surface area contributed by atoms with Crippen LogP contribution >= 0.6 is 0 Å². The zero-order valence-corrected chi connectivity index (χ0v) is 17.0. The van der Waals surface area contributed by atoms with Crippen LogP contribution in [0.2, 0.25) is 0 Å². The van der Waals surface area contributed by atoms with Gasteiger partial charge in [-0.05, 0) is 44.5 Å². The molecule has 0 radical (unpaired) electrons. The van der Waals surface area contributed by atoms with Crippen LogP contribution < -0.4 is 11.5 Å². The highest BCUT2D eigenvalue weighted by Crippen LogP contribution is 2.36. The van der Waals surface area contributed by atoms with Crippen LogP contribution in [0.25, 0.3) is 11.1 Å². The van der Waals surface area contributed by atoms with Gasteiger partial charge in [-0.15, -0.1) is 0 Å². The Morgan fingerprint density at radius 1 is 0.400 bits per heavy atom. The lowest BCUT2D eigenvalue weighted by atomic mass is 9.85. The second-order valence-corrected chi connectivity index (χ2v) is 7.28. The Hall–Kier alpha value is -3.46. The minimum atomic E-state index is 0.538. The van der Waals surface area contributed by atoms with Crippen molar-refractivity contribution in [1.82, 2.24) is 0 Å². The maximum atomic E-state index is 5.83. The first-order valence-corrected chi connectivity index (χ1v) is 10.2. The molecule has 0 aromatic heterocycles. The predicted molar refractivity (Wildman–Crippen MR) is 127 cm³/mol. The van der Waals surface area contributed by atoms with Crippen molar-refractivity contribution < 1.29 is 0 Å². The summed E-state index contributed by atoms with van der Waals surface area (Å²) in [7, 11) is 0. The zero-order valence-electron chi connectivity index (χ0n) is 17.0. The molecule has 0 heterocycles. The van der Waals surface area contributed by atoms with Gasteiger partial charge < -0.3 is 11.5 Å². The van der Waals surface area contributed by atoms with Gasteiger partial charge in [0.25, 0.3) is 0 Å². The molecule has 4 N–H and O–H groups in total. The van der Waals surface area contributed by atoms with Gasteiger partial charge in [0.2, 0.25) is 0 Å². The van der Waals surface area contributed by atoms with E-state index in [1.54, 1.807) is 0 Å². The Morgan fingerprint density at radius 2 is 0.700 bits per heavy atom. The summed E-state index contributed by atoms with van der Waals surface area (Å²) < 4.78 is 0. The molecule has 148 valence electrons. The Balaban J connectivity index is 2.03. The molecule has 0 bridgehead atoms. The fourth-order valence-electron chi connectivity index (χ4n) is 3.74. The molecule has 2 nitrogen and oxygen atoms in total. The number of nitrogens with two attached hydrogens (primary N) is 2. The topological polar surface area (TPSA) is 52.0 Å². The van der Waals surface area contributed by atoms with Crippen LogP contribution in [0.3, 0.4) is 0 Å². The lowest BCUT2D eigenvalue weighted by Crippen LogP contribution is -2.00. The van der Waals surface area contributed by atoms with E-state index in [-0.39, 0.29) is 0 Å². The highest BCUT2D eigenvalue weighted by molar-refractivity contribution is 6.04. The van der Waals surface area contributed by atoms with Crippen molar-refractivity contribution in [3.8, 4) is 0 Å². The molecule has 0 atom stereocenters. The quantitative estimate of drug-likeness (QED) is 0.420. The van der Waals surface area contributed by atoms with Crippen LogP contribution in [-0.2, 0) is 13.1 Å². The van der Waals surface area contributed by atoms with Gasteiger partial charge in [-0.2, -0.15) is 0 Å². The molecular weight excluding hydrogens is 364 g/mol. The van der Waals surface area contributed by atoms with Crippen molar-refractivity contribution in [3.05, 3.63) is 143 Å². The lowest BCUT2D eigenvalue weighted by Gasteiger charge is -2.18. The van der Waals surface area contributed by atoms with E-state index in [1.165, 1.54) is 33.4 Å². The Morgan fingerprint density at radius 3 is 1.00 bits per heavy atom. The molecule has 0 saturated carbocycles. The van der Waals surface area contributed by atoms with Crippen molar-refractivity contribution in [2.75, 3.05) is 0 Å². The van der Waals surface area contributed by atoms with E-state index in [0.717, 1.165) is 11.1 Å². The van der Waals surface area contributed by atoms with E-state index in [0.29, 0.717) is 13.1 Å². The summed E-state index contributed by atoms with van der Waals surface area (Å²) in [6.07, 6.45) is 0. The molecule has 0 aliphatic carbocycles. The van der Waals surface area contributed by atoms with E-state index in [1.807, 2.05) is 0 Å². The van der Waals surface area contributed by atoms with Crippen LogP contribution in [0.4, 0.5) is 0 Å². The summed E-state index contributed by atoms with van der Waals surface area (Å²) in [6, 6.07) is 38.2. The van der Waals surface area contributed by atoms with Crippen molar-refractivity contribution in [1.29, 1.82) is 0 Å². The van der Waals surface area contributed by atoms with Gasteiger partial charge >= 0.3 is 0 Å². The zero-order chi connectivity index (χ0) is 20.8. The Labute approximate surface area is 178 Å². The van der Waals surface area contributed by atoms with Gasteiger partial charge in [-0.1, -0.05) is 109 Å². The summed E-state index contributed by atoms with van der Waals surface area (Å²) in [5.41, 5.74) is 21.0. The third-order valence-corrected chi connectivity index (χ3v) is 5.33. The predicted octanol–water partition coefficient (Wildman–Crippen LogP) is 5.61. The SMILES string of the molecule is NCc1ccc(C(=C(c2ccccc2)c2ccc(CN)cc2)c2ccccc2)cc1.